The first-order chi connectivity index (χ1) is 14.2. The molecule has 0 aliphatic carbocycles. The number of hydrogen-bond donors (Lipinski definition) is 0. The molecule has 5 nitrogen and oxygen atoms in total. The van der Waals surface area contributed by atoms with Crippen LogP contribution in [0.5, 0.6) is 0 Å². The van der Waals surface area contributed by atoms with Gasteiger partial charge in [-0.3, -0.25) is 9.47 Å². The maximum absolute atomic E-state index is 6.09. The van der Waals surface area contributed by atoms with E-state index in [2.05, 4.69) is 28.9 Å². The molecule has 0 radical (unpaired) electrons. The molecule has 0 bridgehead atoms. The summed E-state index contributed by atoms with van der Waals surface area (Å²) in [5.74, 6) is 0.836. The third-order valence-corrected chi connectivity index (χ3v) is 5.94. The van der Waals surface area contributed by atoms with Crippen LogP contribution in [0, 0.1) is 4.77 Å². The molecule has 0 amide bonds. The fourth-order valence-corrected chi connectivity index (χ4v) is 4.17. The zero-order valence-corrected chi connectivity index (χ0v) is 18.2. The number of aromatic nitrogens is 3. The van der Waals surface area contributed by atoms with Crippen LogP contribution in [0.25, 0.3) is 17.1 Å². The van der Waals surface area contributed by atoms with Crippen LogP contribution in [-0.4, -0.2) is 56.9 Å². The molecule has 7 heteroatoms. The third-order valence-electron chi connectivity index (χ3n) is 5.29. The van der Waals surface area contributed by atoms with E-state index in [0.717, 1.165) is 43.3 Å². The Hall–Kier alpha value is -1.99. The molecule has 3 aromatic rings. The second kappa shape index (κ2) is 9.22. The van der Waals surface area contributed by atoms with Crippen molar-refractivity contribution in [3.05, 3.63) is 64.4 Å². The number of hydrogen-bond acceptors (Lipinski definition) is 4. The molecule has 1 aliphatic rings. The van der Waals surface area contributed by atoms with Crippen molar-refractivity contribution in [3.8, 4) is 17.1 Å². The minimum Gasteiger partial charge on any atom is -0.301 e. The number of rotatable bonds is 6. The van der Waals surface area contributed by atoms with Crippen molar-refractivity contribution in [1.29, 1.82) is 0 Å². The maximum Gasteiger partial charge on any atom is 0.204 e. The second-order valence-corrected chi connectivity index (χ2v) is 8.19. The molecule has 1 aromatic heterocycles. The molecular formula is C22H26ClN5S. The molecule has 2 heterocycles. The highest BCUT2D eigenvalue weighted by Gasteiger charge is 2.19. The fourth-order valence-electron chi connectivity index (χ4n) is 3.76. The summed E-state index contributed by atoms with van der Waals surface area (Å²) in [7, 11) is 0. The second-order valence-electron chi connectivity index (χ2n) is 7.38. The molecule has 4 rings (SSSR count). The number of halogens is 1. The quantitative estimate of drug-likeness (QED) is 0.533. The van der Waals surface area contributed by atoms with Crippen molar-refractivity contribution in [2.75, 3.05) is 32.7 Å². The number of piperazine rings is 1. The van der Waals surface area contributed by atoms with E-state index in [1.165, 1.54) is 13.0 Å². The summed E-state index contributed by atoms with van der Waals surface area (Å²) in [6.45, 7) is 8.40. The maximum atomic E-state index is 6.09. The van der Waals surface area contributed by atoms with Crippen LogP contribution in [0.3, 0.4) is 0 Å². The van der Waals surface area contributed by atoms with Gasteiger partial charge in [0.1, 0.15) is 0 Å². The Morgan fingerprint density at radius 3 is 2.24 bits per heavy atom. The van der Waals surface area contributed by atoms with Crippen LogP contribution in [-0.2, 0) is 6.67 Å². The van der Waals surface area contributed by atoms with Gasteiger partial charge in [-0.25, -0.2) is 4.68 Å². The van der Waals surface area contributed by atoms with Gasteiger partial charge >= 0.3 is 0 Å². The Balaban J connectivity index is 1.65. The van der Waals surface area contributed by atoms with E-state index in [9.17, 15) is 0 Å². The molecule has 2 aromatic carbocycles. The third kappa shape index (κ3) is 4.61. The topological polar surface area (TPSA) is 29.2 Å². The van der Waals surface area contributed by atoms with Crippen LogP contribution in [0.1, 0.15) is 13.3 Å². The van der Waals surface area contributed by atoms with E-state index in [0.29, 0.717) is 16.5 Å². The summed E-state index contributed by atoms with van der Waals surface area (Å²) >= 11 is 11.9. The number of nitrogens with zero attached hydrogens (tertiary/aromatic N) is 5. The van der Waals surface area contributed by atoms with Gasteiger partial charge in [-0.15, -0.1) is 5.10 Å². The summed E-state index contributed by atoms with van der Waals surface area (Å²) in [6, 6.07) is 17.9. The first-order valence-corrected chi connectivity index (χ1v) is 10.9. The summed E-state index contributed by atoms with van der Waals surface area (Å²) in [4.78, 5) is 4.95. The highest BCUT2D eigenvalue weighted by atomic mass is 35.5. The van der Waals surface area contributed by atoms with Crippen molar-refractivity contribution in [3.63, 3.8) is 0 Å². The standard InChI is InChI=1S/C22H26ClN5S/c1-2-12-25-13-15-26(16-14-25)17-27-22(29)28(20-6-4-3-5-7-20)21(24-27)18-8-10-19(23)11-9-18/h3-11H,2,12-17H2,1H3. The van der Waals surface area contributed by atoms with Crippen LogP contribution in [0.2, 0.25) is 5.02 Å². The smallest absolute Gasteiger partial charge is 0.204 e. The normalized spacial score (nSPS) is 15.7. The van der Waals surface area contributed by atoms with Crippen LogP contribution in [0.15, 0.2) is 54.6 Å². The average Bonchev–Trinajstić information content (AvgIpc) is 3.07. The minimum absolute atomic E-state index is 0.706. The summed E-state index contributed by atoms with van der Waals surface area (Å²) in [6.07, 6.45) is 1.21. The van der Waals surface area contributed by atoms with Gasteiger partial charge in [0.25, 0.3) is 0 Å². The molecular weight excluding hydrogens is 402 g/mol. The highest BCUT2D eigenvalue weighted by Crippen LogP contribution is 2.24. The molecule has 1 fully saturated rings. The Morgan fingerprint density at radius 2 is 1.59 bits per heavy atom. The van der Waals surface area contributed by atoms with Gasteiger partial charge in [0.15, 0.2) is 5.82 Å². The molecule has 1 aliphatic heterocycles. The van der Waals surface area contributed by atoms with E-state index in [1.807, 2.05) is 51.7 Å². The lowest BCUT2D eigenvalue weighted by Gasteiger charge is -2.34. The van der Waals surface area contributed by atoms with Crippen LogP contribution < -0.4 is 0 Å². The lowest BCUT2D eigenvalue weighted by Crippen LogP contribution is -2.46. The first-order valence-electron chi connectivity index (χ1n) is 10.1. The molecule has 0 N–H and O–H groups in total. The monoisotopic (exact) mass is 427 g/mol. The Bertz CT molecular complexity index is 988. The zero-order chi connectivity index (χ0) is 20.2. The van der Waals surface area contributed by atoms with Crippen LogP contribution in [0.4, 0.5) is 0 Å². The summed E-state index contributed by atoms with van der Waals surface area (Å²) in [5.41, 5.74) is 2.01. The largest absolute Gasteiger partial charge is 0.301 e. The summed E-state index contributed by atoms with van der Waals surface area (Å²) < 4.78 is 4.70. The van der Waals surface area contributed by atoms with Gasteiger partial charge in [-0.1, -0.05) is 36.7 Å². The van der Waals surface area contributed by atoms with Crippen molar-refractivity contribution in [1.82, 2.24) is 24.1 Å². The van der Waals surface area contributed by atoms with E-state index >= 15 is 0 Å². The zero-order valence-electron chi connectivity index (χ0n) is 16.7. The lowest BCUT2D eigenvalue weighted by molar-refractivity contribution is 0.103. The fraction of sp³-hybridized carbons (Fsp3) is 0.364. The minimum atomic E-state index is 0.706. The van der Waals surface area contributed by atoms with Gasteiger partial charge in [0, 0.05) is 42.5 Å². The van der Waals surface area contributed by atoms with Gasteiger partial charge in [0.2, 0.25) is 4.77 Å². The van der Waals surface area contributed by atoms with E-state index in [-0.39, 0.29) is 0 Å². The van der Waals surface area contributed by atoms with Gasteiger partial charge in [0.05, 0.1) is 6.67 Å². The van der Waals surface area contributed by atoms with E-state index in [4.69, 9.17) is 28.9 Å². The molecule has 0 saturated carbocycles. The predicted molar refractivity (Wildman–Crippen MR) is 121 cm³/mol. The Labute approximate surface area is 182 Å². The lowest BCUT2D eigenvalue weighted by atomic mass is 10.2. The van der Waals surface area contributed by atoms with Crippen molar-refractivity contribution in [2.45, 2.75) is 20.0 Å². The van der Waals surface area contributed by atoms with Gasteiger partial charge < -0.3 is 4.90 Å². The molecule has 0 unspecified atom stereocenters. The van der Waals surface area contributed by atoms with Crippen molar-refractivity contribution >= 4 is 23.8 Å². The first kappa shape index (κ1) is 20.3. The van der Waals surface area contributed by atoms with Gasteiger partial charge in [-0.05, 0) is 61.6 Å². The summed E-state index contributed by atoms with van der Waals surface area (Å²) in [5, 5.41) is 5.62. The molecule has 0 atom stereocenters. The number of para-hydroxylation sites is 1. The van der Waals surface area contributed by atoms with Gasteiger partial charge in [-0.2, -0.15) is 0 Å². The molecule has 29 heavy (non-hydrogen) atoms. The molecule has 0 spiro atoms. The molecule has 152 valence electrons. The highest BCUT2D eigenvalue weighted by molar-refractivity contribution is 7.71. The molecule has 1 saturated heterocycles. The van der Waals surface area contributed by atoms with E-state index < -0.39 is 0 Å². The Morgan fingerprint density at radius 1 is 0.931 bits per heavy atom. The predicted octanol–water partition coefficient (Wildman–Crippen LogP) is 4.71. The number of benzene rings is 2. The SMILES string of the molecule is CCCN1CCN(Cn2nc(-c3ccc(Cl)cc3)n(-c3ccccc3)c2=S)CC1. The van der Waals surface area contributed by atoms with E-state index in [1.54, 1.807) is 0 Å². The van der Waals surface area contributed by atoms with Crippen molar-refractivity contribution < 1.29 is 0 Å². The Kier molecular flexibility index (Phi) is 6.45. The average molecular weight is 428 g/mol. The van der Waals surface area contributed by atoms with Crippen LogP contribution >= 0.6 is 23.8 Å². The van der Waals surface area contributed by atoms with Crippen molar-refractivity contribution in [2.24, 2.45) is 0 Å².